The van der Waals surface area contributed by atoms with Gasteiger partial charge in [0.25, 0.3) is 5.69 Å². The zero-order valence-corrected chi connectivity index (χ0v) is 17.2. The van der Waals surface area contributed by atoms with Crippen molar-refractivity contribution < 1.29 is 4.92 Å². The van der Waals surface area contributed by atoms with E-state index >= 15 is 0 Å². The Bertz CT molecular complexity index is 1160. The van der Waals surface area contributed by atoms with Gasteiger partial charge in [0.05, 0.1) is 22.1 Å². The van der Waals surface area contributed by atoms with Crippen molar-refractivity contribution in [3.05, 3.63) is 105 Å². The van der Waals surface area contributed by atoms with E-state index in [0.29, 0.717) is 11.6 Å². The first-order valence-corrected chi connectivity index (χ1v) is 10.4. The van der Waals surface area contributed by atoms with Crippen molar-refractivity contribution in [2.75, 3.05) is 0 Å². The molecule has 0 aromatic heterocycles. The van der Waals surface area contributed by atoms with E-state index in [9.17, 15) is 10.1 Å². The number of nitrogens with zero attached hydrogens (tertiary/aromatic N) is 3. The standard InChI is InChI=1S/C24H20ClN3O2/c1-2-24(18-6-4-3-5-7-18)22(16-8-11-20(12-9-16)28(29)30)27-15-17-14-19(25)10-13-21(17)26-23(24)27/h3-14,22H,2,15H2,1H3/t22-,24+/m0/s1. The third kappa shape index (κ3) is 2.66. The molecule has 30 heavy (non-hydrogen) atoms. The molecule has 0 spiro atoms. The van der Waals surface area contributed by atoms with Crippen molar-refractivity contribution in [1.29, 1.82) is 0 Å². The Morgan fingerprint density at radius 1 is 1.13 bits per heavy atom. The van der Waals surface area contributed by atoms with Crippen molar-refractivity contribution in [3.63, 3.8) is 0 Å². The molecule has 0 bridgehead atoms. The number of hydrogen-bond donors (Lipinski definition) is 0. The number of non-ortho nitro benzene ring substituents is 1. The first-order chi connectivity index (χ1) is 14.5. The molecule has 5 rings (SSSR count). The maximum Gasteiger partial charge on any atom is 0.269 e. The molecule has 0 saturated carbocycles. The largest absolute Gasteiger partial charge is 0.346 e. The van der Waals surface area contributed by atoms with E-state index < -0.39 is 0 Å². The summed E-state index contributed by atoms with van der Waals surface area (Å²) in [4.78, 5) is 18.1. The van der Waals surface area contributed by atoms with Crippen LogP contribution in [0, 0.1) is 10.1 Å². The quantitative estimate of drug-likeness (QED) is 0.375. The highest BCUT2D eigenvalue weighted by Gasteiger charge is 2.59. The number of halogens is 1. The third-order valence-electron chi connectivity index (χ3n) is 6.32. The summed E-state index contributed by atoms with van der Waals surface area (Å²) in [6.07, 6.45) is 0.872. The zero-order valence-electron chi connectivity index (χ0n) is 16.5. The second kappa shape index (κ2) is 6.96. The van der Waals surface area contributed by atoms with Gasteiger partial charge in [-0.3, -0.25) is 10.1 Å². The minimum atomic E-state index is -0.360. The number of benzene rings is 3. The molecule has 6 heteroatoms. The molecule has 1 saturated heterocycles. The van der Waals surface area contributed by atoms with E-state index in [2.05, 4.69) is 36.1 Å². The molecular formula is C24H20ClN3O2. The second-order valence-electron chi connectivity index (χ2n) is 7.78. The van der Waals surface area contributed by atoms with Crippen LogP contribution in [0.1, 0.15) is 36.1 Å². The fourth-order valence-electron chi connectivity index (χ4n) is 4.94. The summed E-state index contributed by atoms with van der Waals surface area (Å²) >= 11 is 6.23. The number of nitro benzene ring substituents is 1. The summed E-state index contributed by atoms with van der Waals surface area (Å²) in [5, 5.41) is 11.8. The lowest BCUT2D eigenvalue weighted by Gasteiger charge is -2.61. The van der Waals surface area contributed by atoms with E-state index in [1.807, 2.05) is 36.4 Å². The summed E-state index contributed by atoms with van der Waals surface area (Å²) in [5.41, 5.74) is 4.13. The van der Waals surface area contributed by atoms with E-state index in [-0.39, 0.29) is 22.1 Å². The number of hydrogen-bond acceptors (Lipinski definition) is 4. The van der Waals surface area contributed by atoms with Gasteiger partial charge in [-0.1, -0.05) is 61.0 Å². The van der Waals surface area contributed by atoms with E-state index in [1.165, 1.54) is 5.56 Å². The lowest BCUT2D eigenvalue weighted by Crippen LogP contribution is -2.66. The fraction of sp³-hybridized carbons (Fsp3) is 0.208. The predicted molar refractivity (Wildman–Crippen MR) is 118 cm³/mol. The Morgan fingerprint density at radius 2 is 1.87 bits per heavy atom. The maximum absolute atomic E-state index is 11.1. The van der Waals surface area contributed by atoms with Crippen LogP contribution in [0.2, 0.25) is 5.02 Å². The van der Waals surface area contributed by atoms with E-state index in [0.717, 1.165) is 29.1 Å². The zero-order chi connectivity index (χ0) is 20.9. The Hall–Kier alpha value is -3.18. The van der Waals surface area contributed by atoms with Gasteiger partial charge in [-0.05, 0) is 41.3 Å². The van der Waals surface area contributed by atoms with Crippen molar-refractivity contribution in [2.45, 2.75) is 31.3 Å². The van der Waals surface area contributed by atoms with E-state index in [4.69, 9.17) is 16.6 Å². The summed E-state index contributed by atoms with van der Waals surface area (Å²) in [7, 11) is 0. The van der Waals surface area contributed by atoms with Gasteiger partial charge in [0.1, 0.15) is 5.84 Å². The highest BCUT2D eigenvalue weighted by Crippen LogP contribution is 2.57. The molecule has 0 unspecified atom stereocenters. The molecule has 150 valence electrons. The monoisotopic (exact) mass is 417 g/mol. The summed E-state index contributed by atoms with van der Waals surface area (Å²) in [5.74, 6) is 1.05. The molecule has 0 amide bonds. The molecule has 0 aliphatic carbocycles. The summed E-state index contributed by atoms with van der Waals surface area (Å²) < 4.78 is 0. The Balaban J connectivity index is 1.68. The number of aliphatic imine (C=N–C) groups is 1. The van der Waals surface area contributed by atoms with Gasteiger partial charge < -0.3 is 4.90 Å². The van der Waals surface area contributed by atoms with Crippen molar-refractivity contribution in [2.24, 2.45) is 4.99 Å². The Kier molecular flexibility index (Phi) is 4.36. The van der Waals surface area contributed by atoms with Gasteiger partial charge in [-0.25, -0.2) is 4.99 Å². The highest BCUT2D eigenvalue weighted by molar-refractivity contribution is 6.30. The normalized spacial score (nSPS) is 21.9. The predicted octanol–water partition coefficient (Wildman–Crippen LogP) is 6.20. The average Bonchev–Trinajstić information content (AvgIpc) is 2.76. The molecule has 2 aliphatic rings. The van der Waals surface area contributed by atoms with Crippen LogP contribution >= 0.6 is 11.6 Å². The highest BCUT2D eigenvalue weighted by atomic mass is 35.5. The van der Waals surface area contributed by atoms with Gasteiger partial charge in [0.15, 0.2) is 0 Å². The number of rotatable bonds is 4. The van der Waals surface area contributed by atoms with Gasteiger partial charge in [-0.2, -0.15) is 0 Å². The molecule has 5 nitrogen and oxygen atoms in total. The van der Waals surface area contributed by atoms with Crippen molar-refractivity contribution in [3.8, 4) is 0 Å². The molecule has 2 atom stereocenters. The molecule has 2 heterocycles. The second-order valence-corrected chi connectivity index (χ2v) is 8.21. The first kappa shape index (κ1) is 18.8. The summed E-state index contributed by atoms with van der Waals surface area (Å²) in [6.45, 7) is 2.90. The summed E-state index contributed by atoms with van der Waals surface area (Å²) in [6, 6.07) is 23.2. The lowest BCUT2D eigenvalue weighted by molar-refractivity contribution is -0.384. The lowest BCUT2D eigenvalue weighted by atomic mass is 9.61. The smallest absolute Gasteiger partial charge is 0.269 e. The molecular weight excluding hydrogens is 398 g/mol. The average molecular weight is 418 g/mol. The van der Waals surface area contributed by atoms with Crippen molar-refractivity contribution >= 4 is 28.8 Å². The van der Waals surface area contributed by atoms with Gasteiger partial charge in [-0.15, -0.1) is 0 Å². The Morgan fingerprint density at radius 3 is 2.53 bits per heavy atom. The molecule has 0 radical (unpaired) electrons. The molecule has 3 aromatic carbocycles. The number of amidine groups is 1. The van der Waals surface area contributed by atoms with Crippen LogP contribution in [-0.2, 0) is 12.0 Å². The SMILES string of the molecule is CC[C@]1(c2ccccc2)C2=Nc3ccc(Cl)cc3CN2[C@H]1c1ccc([N+](=O)[O-])cc1. The minimum Gasteiger partial charge on any atom is -0.346 e. The van der Waals surface area contributed by atoms with Crippen LogP contribution < -0.4 is 0 Å². The molecule has 3 aromatic rings. The van der Waals surface area contributed by atoms with E-state index in [1.54, 1.807) is 12.1 Å². The van der Waals surface area contributed by atoms with Crippen molar-refractivity contribution in [1.82, 2.24) is 4.90 Å². The molecule has 1 fully saturated rings. The van der Waals surface area contributed by atoms with Crippen LogP contribution in [0.5, 0.6) is 0 Å². The molecule has 0 N–H and O–H groups in total. The number of nitro groups is 1. The third-order valence-corrected chi connectivity index (χ3v) is 6.56. The minimum absolute atomic E-state index is 0.0385. The topological polar surface area (TPSA) is 58.7 Å². The van der Waals surface area contributed by atoms with Gasteiger partial charge >= 0.3 is 0 Å². The first-order valence-electron chi connectivity index (χ1n) is 9.98. The van der Waals surface area contributed by atoms with Gasteiger partial charge in [0.2, 0.25) is 0 Å². The fourth-order valence-corrected chi connectivity index (χ4v) is 5.13. The Labute approximate surface area is 179 Å². The van der Waals surface area contributed by atoms with Crippen LogP contribution in [0.25, 0.3) is 0 Å². The van der Waals surface area contributed by atoms with Crippen LogP contribution in [0.15, 0.2) is 77.8 Å². The molecule has 2 aliphatic heterocycles. The van der Waals surface area contributed by atoms with Crippen LogP contribution in [0.3, 0.4) is 0 Å². The van der Waals surface area contributed by atoms with Gasteiger partial charge in [0, 0.05) is 23.7 Å². The van der Waals surface area contributed by atoms with Crippen LogP contribution in [-0.4, -0.2) is 15.7 Å². The van der Waals surface area contributed by atoms with Crippen LogP contribution in [0.4, 0.5) is 11.4 Å². The number of fused-ring (bicyclic) bond motifs is 2. The maximum atomic E-state index is 11.1.